The Balaban J connectivity index is 1.81. The average molecular weight is 297 g/mol. The number of amides is 1. The van der Waals surface area contributed by atoms with Gasteiger partial charge in [-0.1, -0.05) is 30.3 Å². The minimum Gasteiger partial charge on any atom is -0.340 e. The Bertz CT molecular complexity index is 440. The van der Waals surface area contributed by atoms with Crippen LogP contribution < -0.4 is 0 Å². The first kappa shape index (κ1) is 14.6. The largest absolute Gasteiger partial charge is 0.340 e. The topological polar surface area (TPSA) is 37.4 Å². The highest BCUT2D eigenvalue weighted by atomic mass is 32.2. The van der Waals surface area contributed by atoms with Crippen LogP contribution in [0.3, 0.4) is 0 Å². The number of thioether (sulfide) groups is 1. The molecule has 0 N–H and O–H groups in total. The van der Waals surface area contributed by atoms with Gasteiger partial charge < -0.3 is 4.90 Å². The molecule has 0 aliphatic carbocycles. The summed E-state index contributed by atoms with van der Waals surface area (Å²) in [7, 11) is -0.725. The summed E-state index contributed by atoms with van der Waals surface area (Å²) in [5.74, 6) is 2.29. The highest BCUT2D eigenvalue weighted by molar-refractivity contribution is 7.99. The molecule has 0 unspecified atom stereocenters. The minimum absolute atomic E-state index is 0.0354. The van der Waals surface area contributed by atoms with Crippen LogP contribution in [0.2, 0.25) is 0 Å². The molecule has 5 heteroatoms. The van der Waals surface area contributed by atoms with Crippen LogP contribution in [0.15, 0.2) is 30.3 Å². The minimum atomic E-state index is -0.725. The summed E-state index contributed by atoms with van der Waals surface area (Å²) in [4.78, 5) is 14.1. The SMILES string of the molecule is C[C@H](SCc1ccccc1)C(=O)N1CCS(=O)CC1. The predicted octanol–water partition coefficient (Wildman–Crippen LogP) is 1.90. The highest BCUT2D eigenvalue weighted by Gasteiger charge is 2.24. The maximum Gasteiger partial charge on any atom is 0.235 e. The Kier molecular flexibility index (Phi) is 5.45. The molecule has 2 rings (SSSR count). The van der Waals surface area contributed by atoms with Gasteiger partial charge in [0, 0.05) is 41.1 Å². The molecule has 1 atom stereocenters. The number of carbonyl (C=O) groups is 1. The Hall–Kier alpha value is -0.810. The van der Waals surface area contributed by atoms with E-state index in [2.05, 4.69) is 12.1 Å². The molecule has 1 fully saturated rings. The number of rotatable bonds is 4. The standard InChI is InChI=1S/C14H19NO2S2/c1-12(18-11-13-5-3-2-4-6-13)14(16)15-7-9-19(17)10-8-15/h2-6,12H,7-11H2,1H3/t12-/m0/s1. The lowest BCUT2D eigenvalue weighted by Crippen LogP contribution is -2.44. The maximum atomic E-state index is 12.2. The lowest BCUT2D eigenvalue weighted by Gasteiger charge is -2.28. The van der Waals surface area contributed by atoms with E-state index in [0.717, 1.165) is 5.75 Å². The van der Waals surface area contributed by atoms with Crippen molar-refractivity contribution in [1.82, 2.24) is 4.90 Å². The van der Waals surface area contributed by atoms with Gasteiger partial charge in [0.25, 0.3) is 0 Å². The van der Waals surface area contributed by atoms with Gasteiger partial charge in [0.15, 0.2) is 0 Å². The lowest BCUT2D eigenvalue weighted by atomic mass is 10.2. The van der Waals surface area contributed by atoms with Crippen molar-refractivity contribution in [3.8, 4) is 0 Å². The normalized spacial score (nSPS) is 18.3. The molecule has 0 spiro atoms. The lowest BCUT2D eigenvalue weighted by molar-refractivity contribution is -0.129. The van der Waals surface area contributed by atoms with Crippen LogP contribution in [-0.2, 0) is 21.3 Å². The summed E-state index contributed by atoms with van der Waals surface area (Å²) in [5.41, 5.74) is 1.24. The number of nitrogens with zero attached hydrogens (tertiary/aromatic N) is 1. The highest BCUT2D eigenvalue weighted by Crippen LogP contribution is 2.19. The smallest absolute Gasteiger partial charge is 0.235 e. The zero-order valence-electron chi connectivity index (χ0n) is 11.1. The van der Waals surface area contributed by atoms with Crippen molar-refractivity contribution < 1.29 is 9.00 Å². The molecule has 0 radical (unpaired) electrons. The van der Waals surface area contributed by atoms with E-state index in [1.54, 1.807) is 11.8 Å². The van der Waals surface area contributed by atoms with Crippen LogP contribution in [-0.4, -0.2) is 44.9 Å². The summed E-state index contributed by atoms with van der Waals surface area (Å²) >= 11 is 1.66. The fraction of sp³-hybridized carbons (Fsp3) is 0.500. The van der Waals surface area contributed by atoms with Crippen molar-refractivity contribution in [3.63, 3.8) is 0 Å². The van der Waals surface area contributed by atoms with Crippen LogP contribution in [0.5, 0.6) is 0 Å². The van der Waals surface area contributed by atoms with E-state index in [9.17, 15) is 9.00 Å². The monoisotopic (exact) mass is 297 g/mol. The molecule has 1 saturated heterocycles. The molecule has 0 saturated carbocycles. The summed E-state index contributed by atoms with van der Waals surface area (Å²) in [6, 6.07) is 10.2. The Morgan fingerprint density at radius 3 is 2.58 bits per heavy atom. The molecule has 1 aliphatic heterocycles. The average Bonchev–Trinajstić information content (AvgIpc) is 2.46. The van der Waals surface area contributed by atoms with E-state index in [-0.39, 0.29) is 11.2 Å². The van der Waals surface area contributed by atoms with Crippen LogP contribution in [0.4, 0.5) is 0 Å². The summed E-state index contributed by atoms with van der Waals surface area (Å²) in [5, 5.41) is -0.0354. The first-order chi connectivity index (χ1) is 9.16. The predicted molar refractivity (Wildman–Crippen MR) is 81.7 cm³/mol. The van der Waals surface area contributed by atoms with Gasteiger partial charge in [0.1, 0.15) is 0 Å². The van der Waals surface area contributed by atoms with Crippen molar-refractivity contribution in [1.29, 1.82) is 0 Å². The third-order valence-electron chi connectivity index (χ3n) is 3.18. The molecule has 1 aliphatic rings. The Morgan fingerprint density at radius 1 is 1.32 bits per heavy atom. The molecule has 104 valence electrons. The van der Waals surface area contributed by atoms with Crippen LogP contribution in [0.1, 0.15) is 12.5 Å². The van der Waals surface area contributed by atoms with E-state index in [1.165, 1.54) is 5.56 Å². The van der Waals surface area contributed by atoms with E-state index in [0.29, 0.717) is 24.6 Å². The van der Waals surface area contributed by atoms with Gasteiger partial charge in [-0.15, -0.1) is 11.8 Å². The number of hydrogen-bond acceptors (Lipinski definition) is 3. The van der Waals surface area contributed by atoms with Crippen molar-refractivity contribution in [2.24, 2.45) is 0 Å². The van der Waals surface area contributed by atoms with Gasteiger partial charge >= 0.3 is 0 Å². The number of carbonyl (C=O) groups excluding carboxylic acids is 1. The molecule has 19 heavy (non-hydrogen) atoms. The zero-order chi connectivity index (χ0) is 13.7. The third kappa shape index (κ3) is 4.35. The van der Waals surface area contributed by atoms with Gasteiger partial charge in [-0.05, 0) is 12.5 Å². The van der Waals surface area contributed by atoms with Crippen LogP contribution in [0.25, 0.3) is 0 Å². The van der Waals surface area contributed by atoms with Crippen LogP contribution >= 0.6 is 11.8 Å². The zero-order valence-corrected chi connectivity index (χ0v) is 12.7. The molecule has 0 bridgehead atoms. The van der Waals surface area contributed by atoms with Crippen molar-refractivity contribution in [2.45, 2.75) is 17.9 Å². The third-order valence-corrected chi connectivity index (χ3v) is 5.66. The summed E-state index contributed by atoms with van der Waals surface area (Å²) < 4.78 is 11.3. The molecule has 1 aromatic carbocycles. The van der Waals surface area contributed by atoms with Crippen molar-refractivity contribution in [2.75, 3.05) is 24.6 Å². The fourth-order valence-corrected chi connectivity index (χ4v) is 3.96. The van der Waals surface area contributed by atoms with Gasteiger partial charge in [-0.3, -0.25) is 9.00 Å². The molecule has 1 amide bonds. The van der Waals surface area contributed by atoms with E-state index in [1.807, 2.05) is 30.0 Å². The van der Waals surface area contributed by atoms with E-state index < -0.39 is 10.8 Å². The molecule has 0 aromatic heterocycles. The van der Waals surface area contributed by atoms with Gasteiger partial charge in [-0.25, -0.2) is 0 Å². The second kappa shape index (κ2) is 7.10. The first-order valence-electron chi connectivity index (χ1n) is 6.46. The summed E-state index contributed by atoms with van der Waals surface area (Å²) in [6.45, 7) is 3.24. The Morgan fingerprint density at radius 2 is 1.95 bits per heavy atom. The molecule has 1 aromatic rings. The molecular formula is C14H19NO2S2. The molecule has 3 nitrogen and oxygen atoms in total. The molecular weight excluding hydrogens is 278 g/mol. The van der Waals surface area contributed by atoms with Gasteiger partial charge in [0.05, 0.1) is 5.25 Å². The van der Waals surface area contributed by atoms with Gasteiger partial charge in [0.2, 0.25) is 5.91 Å². The van der Waals surface area contributed by atoms with E-state index in [4.69, 9.17) is 0 Å². The second-order valence-electron chi connectivity index (χ2n) is 4.61. The van der Waals surface area contributed by atoms with Gasteiger partial charge in [-0.2, -0.15) is 0 Å². The molecule has 1 heterocycles. The van der Waals surface area contributed by atoms with Crippen molar-refractivity contribution >= 4 is 28.5 Å². The summed E-state index contributed by atoms with van der Waals surface area (Å²) in [6.07, 6.45) is 0. The number of benzene rings is 1. The number of hydrogen-bond donors (Lipinski definition) is 0. The van der Waals surface area contributed by atoms with E-state index >= 15 is 0 Å². The quantitative estimate of drug-likeness (QED) is 0.852. The first-order valence-corrected chi connectivity index (χ1v) is 9.00. The Labute approximate surface area is 121 Å². The van der Waals surface area contributed by atoms with Crippen LogP contribution in [0, 0.1) is 0 Å². The van der Waals surface area contributed by atoms with Crippen molar-refractivity contribution in [3.05, 3.63) is 35.9 Å². The maximum absolute atomic E-state index is 12.2. The fourth-order valence-electron chi connectivity index (χ4n) is 1.98. The second-order valence-corrected chi connectivity index (χ2v) is 7.64.